The second-order valence-corrected chi connectivity index (χ2v) is 5.88. The molecule has 0 saturated heterocycles. The van der Waals surface area contributed by atoms with Gasteiger partial charge in [-0.25, -0.2) is 4.79 Å². The van der Waals surface area contributed by atoms with E-state index in [9.17, 15) is 9.59 Å². The highest BCUT2D eigenvalue weighted by Gasteiger charge is 2.23. The fraction of sp³-hybridized carbons (Fsp3) is 0.222. The number of nitrogens with one attached hydrogen (secondary N) is 1. The van der Waals surface area contributed by atoms with Crippen LogP contribution in [0.25, 0.3) is 11.1 Å². The molecule has 0 aliphatic heterocycles. The Hall–Kier alpha value is -2.86. The first-order valence-electron chi connectivity index (χ1n) is 7.59. The number of fused-ring (bicyclic) bond motifs is 1. The van der Waals surface area contributed by atoms with Crippen molar-refractivity contribution >= 4 is 22.7 Å². The van der Waals surface area contributed by atoms with Gasteiger partial charge in [-0.2, -0.15) is 0 Å². The Morgan fingerprint density at radius 3 is 2.54 bits per heavy atom. The molecule has 0 saturated carbocycles. The highest BCUT2D eigenvalue weighted by atomic mass is 16.4. The highest BCUT2D eigenvalue weighted by Crippen LogP contribution is 2.22. The van der Waals surface area contributed by atoms with Gasteiger partial charge in [0.1, 0.15) is 6.04 Å². The molecule has 0 aliphatic rings. The molecule has 24 heavy (non-hydrogen) atoms. The zero-order valence-corrected chi connectivity index (χ0v) is 13.8. The van der Waals surface area contributed by atoms with Crippen LogP contribution in [-0.4, -0.2) is 29.5 Å². The Morgan fingerprint density at radius 1 is 1.17 bits per heavy atom. The van der Waals surface area contributed by atoms with Gasteiger partial charge in [-0.05, 0) is 31.8 Å². The fourth-order valence-corrected chi connectivity index (χ4v) is 2.74. The van der Waals surface area contributed by atoms with E-state index in [0.717, 1.165) is 5.56 Å². The zero-order valence-electron chi connectivity index (χ0n) is 13.8. The monoisotopic (exact) mass is 325 g/mol. The van der Waals surface area contributed by atoms with Crippen LogP contribution in [0.15, 0.2) is 57.7 Å². The maximum Gasteiger partial charge on any atom is 0.419 e. The molecular weight excluding hydrogens is 306 g/mol. The van der Waals surface area contributed by atoms with Gasteiger partial charge in [0.25, 0.3) is 0 Å². The molecule has 2 aromatic carbocycles. The minimum absolute atomic E-state index is 0.149. The van der Waals surface area contributed by atoms with E-state index in [0.29, 0.717) is 16.8 Å². The van der Waals surface area contributed by atoms with Crippen molar-refractivity contribution in [2.24, 2.45) is 7.05 Å². The smallest absolute Gasteiger partial charge is 0.408 e. The number of carbonyl (C=O) groups is 1. The normalized spacial score (nSPS) is 12.5. The molecule has 3 rings (SSSR count). The predicted molar refractivity (Wildman–Crippen MR) is 93.0 cm³/mol. The van der Waals surface area contributed by atoms with Crippen molar-refractivity contribution in [3.05, 3.63) is 64.6 Å². The molecule has 1 N–H and O–H groups in total. The number of rotatable bonds is 4. The molecule has 0 aliphatic carbocycles. The van der Waals surface area contributed by atoms with E-state index in [1.807, 2.05) is 49.3 Å². The summed E-state index contributed by atoms with van der Waals surface area (Å²) >= 11 is 0. The molecule has 6 nitrogen and oxygen atoms in total. The lowest BCUT2D eigenvalue weighted by molar-refractivity contribution is -0.120. The molecule has 0 spiro atoms. The number of likely N-dealkylation sites (N-methyl/N-ethyl adjacent to an activating group) is 1. The van der Waals surface area contributed by atoms with Gasteiger partial charge in [0.15, 0.2) is 5.58 Å². The minimum Gasteiger partial charge on any atom is -0.408 e. The molecule has 124 valence electrons. The zero-order chi connectivity index (χ0) is 17.3. The molecular formula is C18H19N3O3. The maximum atomic E-state index is 12.7. The van der Waals surface area contributed by atoms with E-state index >= 15 is 0 Å². The van der Waals surface area contributed by atoms with Gasteiger partial charge >= 0.3 is 5.76 Å². The summed E-state index contributed by atoms with van der Waals surface area (Å²) in [5.74, 6) is -0.576. The Labute approximate surface area is 139 Å². The Kier molecular flexibility index (Phi) is 4.22. The fourth-order valence-electron chi connectivity index (χ4n) is 2.74. The average molecular weight is 325 g/mol. The van der Waals surface area contributed by atoms with Crippen molar-refractivity contribution in [2.45, 2.75) is 6.04 Å². The number of oxazole rings is 1. The number of hydrogen-bond donors (Lipinski definition) is 1. The van der Waals surface area contributed by atoms with Crippen LogP contribution in [0.1, 0.15) is 11.6 Å². The van der Waals surface area contributed by atoms with Crippen LogP contribution < -0.4 is 11.1 Å². The van der Waals surface area contributed by atoms with Gasteiger partial charge in [0.05, 0.1) is 5.52 Å². The van der Waals surface area contributed by atoms with Gasteiger partial charge in [0.2, 0.25) is 5.91 Å². The molecule has 1 heterocycles. The van der Waals surface area contributed by atoms with Crippen LogP contribution >= 0.6 is 0 Å². The number of aryl methyl sites for hydroxylation is 1. The molecule has 0 fully saturated rings. The van der Waals surface area contributed by atoms with E-state index in [-0.39, 0.29) is 5.91 Å². The average Bonchev–Trinajstić information content (AvgIpc) is 2.82. The van der Waals surface area contributed by atoms with E-state index in [1.165, 1.54) is 4.57 Å². The molecule has 1 amide bonds. The lowest BCUT2D eigenvalue weighted by Crippen LogP contribution is -2.32. The van der Waals surface area contributed by atoms with Crippen LogP contribution in [-0.2, 0) is 11.8 Å². The van der Waals surface area contributed by atoms with Gasteiger partial charge in [-0.1, -0.05) is 30.3 Å². The van der Waals surface area contributed by atoms with Crippen LogP contribution in [0.4, 0.5) is 5.69 Å². The number of anilines is 1. The van der Waals surface area contributed by atoms with Crippen molar-refractivity contribution in [2.75, 3.05) is 19.4 Å². The lowest BCUT2D eigenvalue weighted by atomic mass is 10.1. The summed E-state index contributed by atoms with van der Waals surface area (Å²) < 4.78 is 6.58. The first-order chi connectivity index (χ1) is 11.5. The number of aromatic nitrogens is 1. The summed E-state index contributed by atoms with van der Waals surface area (Å²) in [6.45, 7) is 0. The number of benzene rings is 2. The summed E-state index contributed by atoms with van der Waals surface area (Å²) in [4.78, 5) is 26.1. The SMILES string of the molecule is CN(C)C(C(=O)Nc1ccc2c(c1)oc(=O)n2C)c1ccccc1. The molecule has 1 aromatic heterocycles. The van der Waals surface area contributed by atoms with Crippen molar-refractivity contribution < 1.29 is 9.21 Å². The third-order valence-electron chi connectivity index (χ3n) is 3.94. The van der Waals surface area contributed by atoms with Crippen molar-refractivity contribution in [3.63, 3.8) is 0 Å². The summed E-state index contributed by atoms with van der Waals surface area (Å²) in [5, 5.41) is 2.89. The van der Waals surface area contributed by atoms with E-state index in [1.54, 1.807) is 25.2 Å². The first-order valence-corrected chi connectivity index (χ1v) is 7.59. The summed E-state index contributed by atoms with van der Waals surface area (Å²) in [6.07, 6.45) is 0. The third kappa shape index (κ3) is 2.96. The first kappa shape index (κ1) is 16.0. The molecule has 1 unspecified atom stereocenters. The molecule has 0 bridgehead atoms. The van der Waals surface area contributed by atoms with Crippen LogP contribution in [0.3, 0.4) is 0 Å². The van der Waals surface area contributed by atoms with Crippen molar-refractivity contribution in [3.8, 4) is 0 Å². The quantitative estimate of drug-likeness (QED) is 0.800. The Morgan fingerprint density at radius 2 is 1.88 bits per heavy atom. The van der Waals surface area contributed by atoms with Gasteiger partial charge in [0, 0.05) is 18.8 Å². The third-order valence-corrected chi connectivity index (χ3v) is 3.94. The highest BCUT2D eigenvalue weighted by molar-refractivity contribution is 5.96. The van der Waals surface area contributed by atoms with Gasteiger partial charge in [-0.15, -0.1) is 0 Å². The van der Waals surface area contributed by atoms with Crippen molar-refractivity contribution in [1.82, 2.24) is 9.47 Å². The topological polar surface area (TPSA) is 67.5 Å². The number of carbonyl (C=O) groups excluding carboxylic acids is 1. The number of nitrogens with zero attached hydrogens (tertiary/aromatic N) is 2. The largest absolute Gasteiger partial charge is 0.419 e. The van der Waals surface area contributed by atoms with E-state index in [2.05, 4.69) is 5.32 Å². The second kappa shape index (κ2) is 6.33. The van der Waals surface area contributed by atoms with Crippen LogP contribution in [0.2, 0.25) is 0 Å². The van der Waals surface area contributed by atoms with Crippen LogP contribution in [0.5, 0.6) is 0 Å². The standard InChI is InChI=1S/C18H19N3O3/c1-20(2)16(12-7-5-4-6-8-12)17(22)19-13-9-10-14-15(11-13)24-18(23)21(14)3/h4-11,16H,1-3H3,(H,19,22). The van der Waals surface area contributed by atoms with Gasteiger partial charge < -0.3 is 9.73 Å². The Balaban J connectivity index is 1.89. The van der Waals surface area contributed by atoms with Gasteiger partial charge in [-0.3, -0.25) is 14.3 Å². The minimum atomic E-state index is -0.427. The summed E-state index contributed by atoms with van der Waals surface area (Å²) in [7, 11) is 5.36. The maximum absolute atomic E-state index is 12.7. The molecule has 3 aromatic rings. The van der Waals surface area contributed by atoms with E-state index in [4.69, 9.17) is 4.42 Å². The Bertz CT molecular complexity index is 926. The van der Waals surface area contributed by atoms with E-state index < -0.39 is 11.8 Å². The molecule has 6 heteroatoms. The van der Waals surface area contributed by atoms with Crippen LogP contribution in [0, 0.1) is 0 Å². The summed E-state index contributed by atoms with van der Waals surface area (Å²) in [5.41, 5.74) is 2.63. The summed E-state index contributed by atoms with van der Waals surface area (Å²) in [6, 6.07) is 14.3. The lowest BCUT2D eigenvalue weighted by Gasteiger charge is -2.23. The molecule has 1 atom stereocenters. The van der Waals surface area contributed by atoms with Crippen molar-refractivity contribution in [1.29, 1.82) is 0 Å². The molecule has 0 radical (unpaired) electrons. The number of amides is 1. The number of hydrogen-bond acceptors (Lipinski definition) is 4. The second-order valence-electron chi connectivity index (χ2n) is 5.88. The predicted octanol–water partition coefficient (Wildman–Crippen LogP) is 2.37.